The van der Waals surface area contributed by atoms with Gasteiger partial charge in [0.2, 0.25) is 0 Å². The standard InChI is InChI=1S/C17H32N4O/c1-6-18-16(19-11-17(2,3)20(4)5)21-9-12-13(10-21)15-8-7-14(12)22-15/h12-15H,6-11H2,1-5H3,(H,18,19). The second-order valence-electron chi connectivity index (χ2n) is 7.90. The summed E-state index contributed by atoms with van der Waals surface area (Å²) in [4.78, 5) is 9.65. The molecular weight excluding hydrogens is 276 g/mol. The predicted octanol–water partition coefficient (Wildman–Crippen LogP) is 1.40. The number of nitrogens with zero attached hydrogens (tertiary/aromatic N) is 3. The molecule has 2 bridgehead atoms. The second kappa shape index (κ2) is 6.00. The lowest BCUT2D eigenvalue weighted by Gasteiger charge is -2.32. The zero-order valence-electron chi connectivity index (χ0n) is 14.8. The number of likely N-dealkylation sites (tertiary alicyclic amines) is 1. The Morgan fingerprint density at radius 3 is 2.32 bits per heavy atom. The molecule has 3 aliphatic heterocycles. The van der Waals surface area contributed by atoms with Gasteiger partial charge in [-0.3, -0.25) is 4.99 Å². The van der Waals surface area contributed by atoms with E-state index in [9.17, 15) is 0 Å². The third kappa shape index (κ3) is 2.85. The van der Waals surface area contributed by atoms with Crippen LogP contribution in [-0.2, 0) is 4.74 Å². The summed E-state index contributed by atoms with van der Waals surface area (Å²) in [5.41, 5.74) is 0.0818. The van der Waals surface area contributed by atoms with Crippen molar-refractivity contribution in [2.75, 3.05) is 40.3 Å². The van der Waals surface area contributed by atoms with E-state index < -0.39 is 0 Å². The molecule has 0 spiro atoms. The van der Waals surface area contributed by atoms with Crippen molar-refractivity contribution in [2.45, 2.75) is 51.4 Å². The van der Waals surface area contributed by atoms with E-state index in [1.807, 2.05) is 0 Å². The summed E-state index contributed by atoms with van der Waals surface area (Å²) < 4.78 is 6.08. The SMILES string of the molecule is CCNC(=NCC(C)(C)N(C)C)N1CC2C3CCC(O3)C2C1. The van der Waals surface area contributed by atoms with Gasteiger partial charge in [-0.15, -0.1) is 0 Å². The Hall–Kier alpha value is -0.810. The van der Waals surface area contributed by atoms with Crippen LogP contribution < -0.4 is 5.32 Å². The third-order valence-electron chi connectivity index (χ3n) is 5.91. The Morgan fingerprint density at radius 1 is 1.23 bits per heavy atom. The highest BCUT2D eigenvalue weighted by Crippen LogP contribution is 2.47. The molecule has 126 valence electrons. The van der Waals surface area contributed by atoms with Crippen LogP contribution >= 0.6 is 0 Å². The van der Waals surface area contributed by atoms with E-state index in [1.54, 1.807) is 0 Å². The van der Waals surface area contributed by atoms with E-state index in [-0.39, 0.29) is 5.54 Å². The van der Waals surface area contributed by atoms with Crippen molar-refractivity contribution in [3.8, 4) is 0 Å². The molecule has 3 aliphatic rings. The molecular formula is C17H32N4O. The average molecular weight is 308 g/mol. The maximum absolute atomic E-state index is 6.08. The van der Waals surface area contributed by atoms with E-state index in [1.165, 1.54) is 12.8 Å². The number of likely N-dealkylation sites (N-methyl/N-ethyl adjacent to an activating group) is 1. The number of nitrogens with one attached hydrogen (secondary N) is 1. The zero-order valence-corrected chi connectivity index (χ0v) is 14.8. The largest absolute Gasteiger partial charge is 0.374 e. The van der Waals surface area contributed by atoms with Crippen LogP contribution in [0.25, 0.3) is 0 Å². The quantitative estimate of drug-likeness (QED) is 0.629. The summed E-state index contributed by atoms with van der Waals surface area (Å²) in [7, 11) is 4.25. The first-order valence-corrected chi connectivity index (χ1v) is 8.78. The topological polar surface area (TPSA) is 40.1 Å². The summed E-state index contributed by atoms with van der Waals surface area (Å²) >= 11 is 0. The second-order valence-corrected chi connectivity index (χ2v) is 7.90. The van der Waals surface area contributed by atoms with Gasteiger partial charge in [0.25, 0.3) is 0 Å². The fourth-order valence-corrected chi connectivity index (χ4v) is 3.97. The van der Waals surface area contributed by atoms with Gasteiger partial charge >= 0.3 is 0 Å². The summed E-state index contributed by atoms with van der Waals surface area (Å²) in [5.74, 6) is 2.54. The Kier molecular flexibility index (Phi) is 4.38. The molecule has 3 rings (SSSR count). The Bertz CT molecular complexity index is 416. The van der Waals surface area contributed by atoms with Gasteiger partial charge in [-0.1, -0.05) is 0 Å². The molecule has 22 heavy (non-hydrogen) atoms. The van der Waals surface area contributed by atoms with Crippen molar-refractivity contribution >= 4 is 5.96 Å². The lowest BCUT2D eigenvalue weighted by molar-refractivity contribution is 0.0766. The summed E-state index contributed by atoms with van der Waals surface area (Å²) in [6.07, 6.45) is 3.56. The van der Waals surface area contributed by atoms with Gasteiger partial charge in [-0.2, -0.15) is 0 Å². The number of aliphatic imine (C=N–C) groups is 1. The Balaban J connectivity index is 1.67. The highest BCUT2D eigenvalue weighted by Gasteiger charge is 2.53. The zero-order chi connectivity index (χ0) is 15.9. The molecule has 3 saturated heterocycles. The third-order valence-corrected chi connectivity index (χ3v) is 5.91. The van der Waals surface area contributed by atoms with E-state index in [4.69, 9.17) is 9.73 Å². The van der Waals surface area contributed by atoms with Crippen LogP contribution in [0, 0.1) is 11.8 Å². The van der Waals surface area contributed by atoms with Gasteiger partial charge in [-0.05, 0) is 47.7 Å². The lowest BCUT2D eigenvalue weighted by atomic mass is 9.82. The van der Waals surface area contributed by atoms with Gasteiger partial charge in [0, 0.05) is 37.0 Å². The van der Waals surface area contributed by atoms with Crippen LogP contribution in [0.4, 0.5) is 0 Å². The van der Waals surface area contributed by atoms with Crippen LogP contribution in [-0.4, -0.2) is 73.8 Å². The number of rotatable bonds is 4. The van der Waals surface area contributed by atoms with Gasteiger partial charge in [-0.25, -0.2) is 0 Å². The fourth-order valence-electron chi connectivity index (χ4n) is 3.97. The fraction of sp³-hybridized carbons (Fsp3) is 0.941. The molecule has 4 unspecified atom stereocenters. The predicted molar refractivity (Wildman–Crippen MR) is 90.2 cm³/mol. The van der Waals surface area contributed by atoms with Crippen LogP contribution in [0.5, 0.6) is 0 Å². The molecule has 0 aromatic rings. The minimum Gasteiger partial charge on any atom is -0.374 e. The first-order chi connectivity index (χ1) is 10.4. The molecule has 0 aliphatic carbocycles. The van der Waals surface area contributed by atoms with Crippen LogP contribution in [0.3, 0.4) is 0 Å². The molecule has 0 aromatic heterocycles. The minimum atomic E-state index is 0.0818. The van der Waals surface area contributed by atoms with Crippen LogP contribution in [0.15, 0.2) is 4.99 Å². The number of hydrogen-bond donors (Lipinski definition) is 1. The molecule has 4 atom stereocenters. The van der Waals surface area contributed by atoms with E-state index in [0.717, 1.165) is 44.0 Å². The van der Waals surface area contributed by atoms with Crippen molar-refractivity contribution in [1.29, 1.82) is 0 Å². The van der Waals surface area contributed by atoms with E-state index in [0.29, 0.717) is 12.2 Å². The molecule has 1 N–H and O–H groups in total. The van der Waals surface area contributed by atoms with Crippen molar-refractivity contribution < 1.29 is 4.74 Å². The van der Waals surface area contributed by atoms with Crippen molar-refractivity contribution in [1.82, 2.24) is 15.1 Å². The number of ether oxygens (including phenoxy) is 1. The molecule has 0 radical (unpaired) electrons. The first kappa shape index (κ1) is 16.1. The molecule has 5 heteroatoms. The highest BCUT2D eigenvalue weighted by molar-refractivity contribution is 5.80. The molecule has 3 heterocycles. The van der Waals surface area contributed by atoms with Crippen molar-refractivity contribution in [3.05, 3.63) is 0 Å². The minimum absolute atomic E-state index is 0.0818. The monoisotopic (exact) mass is 308 g/mol. The Labute approximate surface area is 135 Å². The normalized spacial score (nSPS) is 34.6. The lowest BCUT2D eigenvalue weighted by Crippen LogP contribution is -2.45. The maximum atomic E-state index is 6.08. The van der Waals surface area contributed by atoms with Crippen LogP contribution in [0.2, 0.25) is 0 Å². The molecule has 5 nitrogen and oxygen atoms in total. The smallest absolute Gasteiger partial charge is 0.194 e. The van der Waals surface area contributed by atoms with Crippen molar-refractivity contribution in [3.63, 3.8) is 0 Å². The summed E-state index contributed by atoms with van der Waals surface area (Å²) in [5, 5.41) is 3.49. The Morgan fingerprint density at radius 2 is 1.82 bits per heavy atom. The number of fused-ring (bicyclic) bond motifs is 5. The van der Waals surface area contributed by atoms with Gasteiger partial charge in [0.15, 0.2) is 5.96 Å². The van der Waals surface area contributed by atoms with E-state index >= 15 is 0 Å². The van der Waals surface area contributed by atoms with Gasteiger partial charge in [0.1, 0.15) is 0 Å². The summed E-state index contributed by atoms with van der Waals surface area (Å²) in [6.45, 7) is 10.6. The molecule has 0 aromatic carbocycles. The van der Waals surface area contributed by atoms with Crippen molar-refractivity contribution in [2.24, 2.45) is 16.8 Å². The van der Waals surface area contributed by atoms with Gasteiger partial charge < -0.3 is 19.9 Å². The average Bonchev–Trinajstić information content (AvgIpc) is 3.14. The number of guanidine groups is 1. The summed E-state index contributed by atoms with van der Waals surface area (Å²) in [6, 6.07) is 0. The first-order valence-electron chi connectivity index (χ1n) is 8.78. The number of hydrogen-bond acceptors (Lipinski definition) is 3. The highest BCUT2D eigenvalue weighted by atomic mass is 16.5. The maximum Gasteiger partial charge on any atom is 0.194 e. The molecule has 3 fully saturated rings. The van der Waals surface area contributed by atoms with Gasteiger partial charge in [0.05, 0.1) is 18.8 Å². The molecule has 0 amide bonds. The van der Waals surface area contributed by atoms with E-state index in [2.05, 4.69) is 50.0 Å². The molecule has 0 saturated carbocycles. The van der Waals surface area contributed by atoms with Crippen LogP contribution in [0.1, 0.15) is 33.6 Å².